The molecule has 19 nitrogen and oxygen atoms in total. The molecule has 0 aliphatic carbocycles. The molecule has 2 saturated heterocycles. The van der Waals surface area contributed by atoms with Gasteiger partial charge in [-0.15, -0.1) is 0 Å². The van der Waals surface area contributed by atoms with Crippen molar-refractivity contribution in [3.63, 3.8) is 0 Å². The van der Waals surface area contributed by atoms with Crippen molar-refractivity contribution >= 4 is 30.0 Å². The normalized spacial score (nSPS) is 17.8. The van der Waals surface area contributed by atoms with Crippen LogP contribution in [-0.4, -0.2) is 116 Å². The van der Waals surface area contributed by atoms with Gasteiger partial charge in [0.15, 0.2) is 11.5 Å². The average Bonchev–Trinajstić information content (AvgIpc) is 4.26. The number of imidazole rings is 2. The number of benzene rings is 4. The lowest BCUT2D eigenvalue weighted by Crippen LogP contribution is -2.52. The van der Waals surface area contributed by atoms with Gasteiger partial charge < -0.3 is 59.1 Å². The summed E-state index contributed by atoms with van der Waals surface area (Å²) in [7, 11) is 2.52. The maximum Gasteiger partial charge on any atom is 0.407 e. The van der Waals surface area contributed by atoms with Crippen LogP contribution in [0.3, 0.4) is 0 Å². The number of rotatable bonds is 11. The van der Waals surface area contributed by atoms with E-state index < -0.39 is 30.3 Å². The van der Waals surface area contributed by atoms with Crippen LogP contribution in [0.4, 0.5) is 14.4 Å². The highest BCUT2D eigenvalue weighted by molar-refractivity contribution is 5.88. The van der Waals surface area contributed by atoms with Crippen molar-refractivity contribution in [2.45, 2.75) is 63.9 Å². The second-order valence-electron chi connectivity index (χ2n) is 18.3. The van der Waals surface area contributed by atoms with Crippen molar-refractivity contribution in [3.05, 3.63) is 132 Å². The molecular weight excluding hydrogens is 909 g/mol. The van der Waals surface area contributed by atoms with Gasteiger partial charge in [-0.2, -0.15) is 0 Å². The quantitative estimate of drug-likeness (QED) is 0.101. The predicted molar refractivity (Wildman–Crippen MR) is 258 cm³/mol. The summed E-state index contributed by atoms with van der Waals surface area (Å²) < 4.78 is 21.0. The first-order valence-corrected chi connectivity index (χ1v) is 23.6. The summed E-state index contributed by atoms with van der Waals surface area (Å²) in [5.41, 5.74) is 7.68. The Bertz CT molecular complexity index is 2960. The number of aromatic amines is 2. The Balaban J connectivity index is 0.827. The van der Waals surface area contributed by atoms with E-state index in [4.69, 9.17) is 28.9 Å². The standard InChI is InChI=1S/C52H54N10O9/c1-30(2)43(57-50(65)68-3)48(63)62-28-60(52(67)59-25-36-20-21-42-45(37(36)26-59)71-29-70-42)27-41(62)47-54-24-39(56-47)34-18-14-32(15-19-34)31-12-16-33(17-13-31)38-23-53-46(55-38)40-11-8-22-61(40)49(64)44(58-51(66)69-4)35-9-6-5-7-10-35/h5-7,9-10,12-21,23-24,30,40-41,43-44H,8,11,22,25-29H2,1-4H3,(H,53,55)(H,54,56)(H,57,65)(H,58,66)/t40-,41-,43-,44?/m0/s1. The third-order valence-corrected chi connectivity index (χ3v) is 13.6. The molecule has 4 aliphatic rings. The molecule has 0 bridgehead atoms. The summed E-state index contributed by atoms with van der Waals surface area (Å²) in [5, 5.41) is 5.40. The number of aromatic nitrogens is 4. The highest BCUT2D eigenvalue weighted by Crippen LogP contribution is 2.42. The maximum atomic E-state index is 14.4. The molecule has 10 rings (SSSR count). The first-order valence-electron chi connectivity index (χ1n) is 23.6. The molecule has 4 aliphatic heterocycles. The Hall–Kier alpha value is -8.35. The lowest BCUT2D eigenvalue weighted by Gasteiger charge is -2.29. The van der Waals surface area contributed by atoms with Gasteiger partial charge in [0.1, 0.15) is 29.8 Å². The number of ether oxygens (including phenoxy) is 4. The fraction of sp³-hybridized carbons (Fsp3) is 0.327. The Labute approximate surface area is 409 Å². The summed E-state index contributed by atoms with van der Waals surface area (Å²) in [5.74, 6) is 1.61. The zero-order valence-electron chi connectivity index (χ0n) is 39.7. The third kappa shape index (κ3) is 9.17. The second-order valence-corrected chi connectivity index (χ2v) is 18.3. The van der Waals surface area contributed by atoms with Crippen LogP contribution in [0.25, 0.3) is 33.6 Å². The van der Waals surface area contributed by atoms with Gasteiger partial charge in [-0.05, 0) is 47.1 Å². The largest absolute Gasteiger partial charge is 0.454 e. The summed E-state index contributed by atoms with van der Waals surface area (Å²) >= 11 is 0. The van der Waals surface area contributed by atoms with Crippen LogP contribution in [0.5, 0.6) is 11.5 Å². The van der Waals surface area contributed by atoms with E-state index in [9.17, 15) is 24.0 Å². The number of amides is 6. The summed E-state index contributed by atoms with van der Waals surface area (Å²) in [6, 6.07) is 26.0. The van der Waals surface area contributed by atoms with Crippen LogP contribution in [0.15, 0.2) is 103 Å². The fourth-order valence-corrected chi connectivity index (χ4v) is 9.87. The monoisotopic (exact) mass is 962 g/mol. The summed E-state index contributed by atoms with van der Waals surface area (Å²) in [6.07, 6.45) is 3.75. The van der Waals surface area contributed by atoms with Crippen LogP contribution in [-0.2, 0) is 32.2 Å². The Morgan fingerprint density at radius 1 is 0.690 bits per heavy atom. The molecule has 0 spiro atoms. The molecule has 4 aromatic carbocycles. The number of carbonyl (C=O) groups excluding carboxylic acids is 5. The Kier molecular flexibility index (Phi) is 12.8. The van der Waals surface area contributed by atoms with Gasteiger partial charge in [-0.1, -0.05) is 98.8 Å². The molecule has 2 fully saturated rings. The van der Waals surface area contributed by atoms with Crippen molar-refractivity contribution in [3.8, 4) is 45.1 Å². The first kappa shape index (κ1) is 46.4. The van der Waals surface area contributed by atoms with Crippen molar-refractivity contribution in [2.24, 2.45) is 5.92 Å². The molecule has 4 atom stereocenters. The van der Waals surface area contributed by atoms with Crippen LogP contribution in [0, 0.1) is 5.92 Å². The molecule has 19 heteroatoms. The zero-order valence-corrected chi connectivity index (χ0v) is 39.7. The van der Waals surface area contributed by atoms with Gasteiger partial charge >= 0.3 is 18.2 Å². The van der Waals surface area contributed by atoms with E-state index in [0.29, 0.717) is 54.0 Å². The van der Waals surface area contributed by atoms with Gasteiger partial charge in [0, 0.05) is 42.2 Å². The van der Waals surface area contributed by atoms with Gasteiger partial charge in [0.05, 0.1) is 51.4 Å². The Morgan fingerprint density at radius 2 is 1.31 bits per heavy atom. The fourth-order valence-electron chi connectivity index (χ4n) is 9.87. The highest BCUT2D eigenvalue weighted by atomic mass is 16.7. The number of alkyl carbamates (subject to hydrolysis) is 2. The van der Waals surface area contributed by atoms with Crippen LogP contribution in [0.1, 0.15) is 73.2 Å². The van der Waals surface area contributed by atoms with E-state index >= 15 is 0 Å². The van der Waals surface area contributed by atoms with Crippen LogP contribution >= 0.6 is 0 Å². The number of nitrogens with zero attached hydrogens (tertiary/aromatic N) is 6. The first-order chi connectivity index (χ1) is 34.5. The van der Waals surface area contributed by atoms with E-state index in [1.54, 1.807) is 25.8 Å². The number of H-pyrrole nitrogens is 2. The molecule has 6 aromatic rings. The van der Waals surface area contributed by atoms with Crippen molar-refractivity contribution in [1.82, 2.24) is 50.2 Å². The average molecular weight is 963 g/mol. The molecule has 1 unspecified atom stereocenters. The molecule has 6 heterocycles. The molecule has 4 N–H and O–H groups in total. The molecule has 0 saturated carbocycles. The maximum absolute atomic E-state index is 14.4. The Morgan fingerprint density at radius 3 is 1.94 bits per heavy atom. The van der Waals surface area contributed by atoms with E-state index in [1.165, 1.54) is 14.2 Å². The van der Waals surface area contributed by atoms with E-state index in [0.717, 1.165) is 51.9 Å². The van der Waals surface area contributed by atoms with E-state index in [2.05, 4.69) is 20.6 Å². The third-order valence-electron chi connectivity index (χ3n) is 13.6. The van der Waals surface area contributed by atoms with E-state index in [1.807, 2.05) is 111 Å². The van der Waals surface area contributed by atoms with Crippen LogP contribution in [0.2, 0.25) is 0 Å². The smallest absolute Gasteiger partial charge is 0.407 e. The van der Waals surface area contributed by atoms with Gasteiger partial charge in [0.25, 0.3) is 5.91 Å². The molecule has 0 radical (unpaired) electrons. The summed E-state index contributed by atoms with van der Waals surface area (Å²) in [4.78, 5) is 90.5. The minimum absolute atomic E-state index is 0.0167. The lowest BCUT2D eigenvalue weighted by molar-refractivity contribution is -0.136. The number of carbonyl (C=O) groups is 5. The number of urea groups is 1. The number of hydrogen-bond donors (Lipinski definition) is 4. The van der Waals surface area contributed by atoms with E-state index in [-0.39, 0.29) is 49.8 Å². The molecule has 6 amide bonds. The number of likely N-dealkylation sites (tertiary alicyclic amines) is 1. The molecule has 2 aromatic heterocycles. The number of hydrogen-bond acceptors (Lipinski definition) is 11. The minimum Gasteiger partial charge on any atom is -0.454 e. The number of nitrogens with one attached hydrogen (secondary N) is 4. The molecular formula is C52H54N10O9. The van der Waals surface area contributed by atoms with Crippen LogP contribution < -0.4 is 20.1 Å². The number of fused-ring (bicyclic) bond motifs is 3. The minimum atomic E-state index is -0.915. The van der Waals surface area contributed by atoms with Crippen molar-refractivity contribution < 1.29 is 42.9 Å². The van der Waals surface area contributed by atoms with Gasteiger partial charge in [-0.25, -0.2) is 24.4 Å². The second kappa shape index (κ2) is 19.6. The number of methoxy groups -OCH3 is 2. The topological polar surface area (TPSA) is 217 Å². The van der Waals surface area contributed by atoms with Gasteiger partial charge in [-0.3, -0.25) is 9.59 Å². The van der Waals surface area contributed by atoms with Gasteiger partial charge in [0.2, 0.25) is 12.7 Å². The predicted octanol–water partition coefficient (Wildman–Crippen LogP) is 7.28. The van der Waals surface area contributed by atoms with Crippen molar-refractivity contribution in [2.75, 3.05) is 40.8 Å². The van der Waals surface area contributed by atoms with Crippen molar-refractivity contribution in [1.29, 1.82) is 0 Å². The lowest BCUT2D eigenvalue weighted by atomic mass is 10.0. The summed E-state index contributed by atoms with van der Waals surface area (Å²) in [6.45, 7) is 5.21. The highest BCUT2D eigenvalue weighted by Gasteiger charge is 2.44. The SMILES string of the molecule is COC(=O)NC(C(=O)N1CCC[C@H]1c1nc(-c2ccc(-c3ccc(-c4c[nH]c([C@@H]5CN(C(=O)N6Cc7ccc8c(c7C6)OCO8)CN5C(=O)[C@@H](NC(=O)OC)C(C)C)n4)cc3)cc2)c[nH]1)c1ccccc1. The molecule has 71 heavy (non-hydrogen) atoms. The molecule has 366 valence electrons. The zero-order chi connectivity index (χ0) is 49.3.